The average molecular weight is 420 g/mol. The molecule has 2 aromatic rings. The quantitative estimate of drug-likeness (QED) is 0.590. The van der Waals surface area contributed by atoms with E-state index in [1.807, 2.05) is 18.7 Å². The lowest BCUT2D eigenvalue weighted by Gasteiger charge is -2.35. The molecule has 1 atom stereocenters. The summed E-state index contributed by atoms with van der Waals surface area (Å²) in [6.07, 6.45) is 3.68. The second-order valence-electron chi connectivity index (χ2n) is 7.45. The van der Waals surface area contributed by atoms with Crippen LogP contribution in [0.5, 0.6) is 5.75 Å². The summed E-state index contributed by atoms with van der Waals surface area (Å²) < 4.78 is 43.7. The monoisotopic (exact) mass is 419 g/mol. The number of hydrogen-bond acceptors (Lipinski definition) is 4. The fourth-order valence-electron chi connectivity index (χ4n) is 3.23. The lowest BCUT2D eigenvalue weighted by Crippen LogP contribution is -2.43. The van der Waals surface area contributed by atoms with Crippen molar-refractivity contribution in [3.63, 3.8) is 0 Å². The molecular weight excluding hydrogens is 393 g/mol. The molecule has 1 unspecified atom stereocenters. The third-order valence-electron chi connectivity index (χ3n) is 5.48. The number of para-hydroxylation sites is 1. The van der Waals surface area contributed by atoms with Crippen LogP contribution in [0, 0.1) is 11.7 Å². The van der Waals surface area contributed by atoms with Crippen LogP contribution < -0.4 is 4.18 Å². The Morgan fingerprint density at radius 3 is 2.41 bits per heavy atom. The number of amides is 1. The Bertz CT molecular complexity index is 955. The minimum absolute atomic E-state index is 0.0323. The van der Waals surface area contributed by atoms with Crippen molar-refractivity contribution < 1.29 is 21.8 Å². The average Bonchev–Trinajstić information content (AvgIpc) is 2.65. The largest absolute Gasteiger partial charge is 0.379 e. The molecule has 0 bridgehead atoms. The second kappa shape index (κ2) is 8.95. The number of hydrogen-bond donors (Lipinski definition) is 0. The molecule has 1 fully saturated rings. The van der Waals surface area contributed by atoms with Crippen molar-refractivity contribution in [2.75, 3.05) is 0 Å². The van der Waals surface area contributed by atoms with E-state index in [4.69, 9.17) is 4.18 Å². The molecule has 0 N–H and O–H groups in total. The first-order valence-electron chi connectivity index (χ1n) is 9.90. The Labute approximate surface area is 171 Å². The van der Waals surface area contributed by atoms with Gasteiger partial charge in [-0.25, -0.2) is 4.39 Å². The lowest BCUT2D eigenvalue weighted by atomic mass is 9.84. The summed E-state index contributed by atoms with van der Waals surface area (Å²) in [7, 11) is -4.11. The molecule has 1 aliphatic rings. The van der Waals surface area contributed by atoms with Crippen molar-refractivity contribution in [1.29, 1.82) is 0 Å². The van der Waals surface area contributed by atoms with Gasteiger partial charge < -0.3 is 9.08 Å². The maximum absolute atomic E-state index is 13.1. The normalized spacial score (nSPS) is 15.4. The van der Waals surface area contributed by atoms with Gasteiger partial charge in [0, 0.05) is 24.1 Å². The zero-order chi connectivity index (χ0) is 21.0. The van der Waals surface area contributed by atoms with Crippen LogP contribution in [0.15, 0.2) is 53.4 Å². The fraction of sp³-hybridized carbons (Fsp3) is 0.409. The van der Waals surface area contributed by atoms with Gasteiger partial charge in [-0.2, -0.15) is 8.42 Å². The van der Waals surface area contributed by atoms with Crippen molar-refractivity contribution in [2.24, 2.45) is 5.92 Å². The SMILES string of the molecule is CCC(C)N(Cc1ccccc1OS(=O)(=O)c1ccc(F)cc1)C(=O)C1CCC1. The molecule has 3 rings (SSSR count). The zero-order valence-corrected chi connectivity index (χ0v) is 17.5. The second-order valence-corrected chi connectivity index (χ2v) is 9.00. The molecule has 1 saturated carbocycles. The molecule has 5 nitrogen and oxygen atoms in total. The van der Waals surface area contributed by atoms with E-state index in [1.54, 1.807) is 24.3 Å². The number of rotatable bonds is 8. The molecule has 0 spiro atoms. The molecule has 2 aromatic carbocycles. The van der Waals surface area contributed by atoms with Crippen molar-refractivity contribution >= 4 is 16.0 Å². The summed E-state index contributed by atoms with van der Waals surface area (Å²) in [6.45, 7) is 4.29. The van der Waals surface area contributed by atoms with Crippen molar-refractivity contribution in [1.82, 2.24) is 4.90 Å². The third-order valence-corrected chi connectivity index (χ3v) is 6.72. The van der Waals surface area contributed by atoms with Crippen molar-refractivity contribution in [2.45, 2.75) is 57.0 Å². The van der Waals surface area contributed by atoms with E-state index in [-0.39, 0.29) is 35.1 Å². The Kier molecular flexibility index (Phi) is 6.57. The van der Waals surface area contributed by atoms with Gasteiger partial charge in [0.25, 0.3) is 0 Å². The van der Waals surface area contributed by atoms with E-state index in [0.29, 0.717) is 5.56 Å². The topological polar surface area (TPSA) is 63.7 Å². The first-order valence-corrected chi connectivity index (χ1v) is 11.3. The smallest absolute Gasteiger partial charge is 0.339 e. The van der Waals surface area contributed by atoms with Crippen LogP contribution in [0.3, 0.4) is 0 Å². The number of carbonyl (C=O) groups excluding carboxylic acids is 1. The van der Waals surface area contributed by atoms with Crippen LogP contribution in [0.25, 0.3) is 0 Å². The van der Waals surface area contributed by atoms with Gasteiger partial charge >= 0.3 is 10.1 Å². The number of carbonyl (C=O) groups is 1. The zero-order valence-electron chi connectivity index (χ0n) is 16.7. The standard InChI is InChI=1S/C22H26FNO4S/c1-3-16(2)24(22(25)17-8-6-9-17)15-18-7-4-5-10-21(18)28-29(26,27)20-13-11-19(23)12-14-20/h4-5,7,10-14,16-17H,3,6,8-9,15H2,1-2H3. The summed E-state index contributed by atoms with van der Waals surface area (Å²) in [6, 6.07) is 11.3. The van der Waals surface area contributed by atoms with Gasteiger partial charge in [0.15, 0.2) is 0 Å². The maximum Gasteiger partial charge on any atom is 0.339 e. The highest BCUT2D eigenvalue weighted by Crippen LogP contribution is 2.31. The molecule has 0 saturated heterocycles. The van der Waals surface area contributed by atoms with Gasteiger partial charge in [-0.1, -0.05) is 31.5 Å². The van der Waals surface area contributed by atoms with E-state index in [2.05, 4.69) is 0 Å². The molecule has 0 heterocycles. The molecule has 29 heavy (non-hydrogen) atoms. The van der Waals surface area contributed by atoms with E-state index in [1.165, 1.54) is 12.1 Å². The fourth-order valence-corrected chi connectivity index (χ4v) is 4.19. The first kappa shape index (κ1) is 21.3. The first-order chi connectivity index (χ1) is 13.8. The van der Waals surface area contributed by atoms with Gasteiger partial charge in [-0.15, -0.1) is 0 Å². The number of benzene rings is 2. The molecule has 0 radical (unpaired) electrons. The van der Waals surface area contributed by atoms with Gasteiger partial charge in [0.05, 0.1) is 0 Å². The molecule has 0 aromatic heterocycles. The highest BCUT2D eigenvalue weighted by molar-refractivity contribution is 7.87. The van der Waals surface area contributed by atoms with Crippen molar-refractivity contribution in [3.05, 3.63) is 59.9 Å². The summed E-state index contributed by atoms with van der Waals surface area (Å²) in [5.74, 6) is -0.184. The van der Waals surface area contributed by atoms with Gasteiger partial charge in [0.2, 0.25) is 5.91 Å². The summed E-state index contributed by atoms with van der Waals surface area (Å²) >= 11 is 0. The van der Waals surface area contributed by atoms with Crippen LogP contribution in [0.4, 0.5) is 4.39 Å². The Balaban J connectivity index is 1.85. The molecule has 156 valence electrons. The summed E-state index contributed by atoms with van der Waals surface area (Å²) in [4.78, 5) is 14.6. The van der Waals surface area contributed by atoms with E-state index in [9.17, 15) is 17.6 Å². The molecule has 1 aliphatic carbocycles. The third kappa shape index (κ3) is 4.96. The summed E-state index contributed by atoms with van der Waals surface area (Å²) in [5, 5.41) is 0. The van der Waals surface area contributed by atoms with Gasteiger partial charge in [-0.3, -0.25) is 4.79 Å². The van der Waals surface area contributed by atoms with Crippen molar-refractivity contribution in [3.8, 4) is 5.75 Å². The van der Waals surface area contributed by atoms with Gasteiger partial charge in [-0.05, 0) is 56.5 Å². The predicted molar refractivity (Wildman–Crippen MR) is 108 cm³/mol. The molecule has 1 amide bonds. The Morgan fingerprint density at radius 2 is 1.83 bits per heavy atom. The highest BCUT2D eigenvalue weighted by Gasteiger charge is 2.32. The minimum atomic E-state index is -4.11. The lowest BCUT2D eigenvalue weighted by molar-refractivity contribution is -0.141. The van der Waals surface area contributed by atoms with Crippen LogP contribution in [0.2, 0.25) is 0 Å². The molecule has 0 aliphatic heterocycles. The van der Waals surface area contributed by atoms with E-state index in [0.717, 1.165) is 37.8 Å². The van der Waals surface area contributed by atoms with Crippen LogP contribution >= 0.6 is 0 Å². The summed E-state index contributed by atoms with van der Waals surface area (Å²) in [5.41, 5.74) is 0.617. The van der Waals surface area contributed by atoms with Crippen LogP contribution in [0.1, 0.15) is 45.1 Å². The minimum Gasteiger partial charge on any atom is -0.379 e. The Morgan fingerprint density at radius 1 is 1.17 bits per heavy atom. The number of halogens is 1. The predicted octanol–water partition coefficient (Wildman–Crippen LogP) is 4.52. The maximum atomic E-state index is 13.1. The molecular formula is C22H26FNO4S. The van der Waals surface area contributed by atoms with E-state index < -0.39 is 15.9 Å². The highest BCUT2D eigenvalue weighted by atomic mass is 32.2. The van der Waals surface area contributed by atoms with E-state index >= 15 is 0 Å². The number of nitrogens with zero attached hydrogens (tertiary/aromatic N) is 1. The Hall–Kier alpha value is -2.41. The molecule has 7 heteroatoms. The van der Waals surface area contributed by atoms with Gasteiger partial charge in [0.1, 0.15) is 16.5 Å². The van der Waals surface area contributed by atoms with Crippen LogP contribution in [-0.2, 0) is 21.5 Å². The van der Waals surface area contributed by atoms with Crippen LogP contribution in [-0.4, -0.2) is 25.3 Å².